The van der Waals surface area contributed by atoms with Crippen LogP contribution in [0.25, 0.3) is 0 Å². The van der Waals surface area contributed by atoms with E-state index in [2.05, 4.69) is 44.1 Å². The fourth-order valence-corrected chi connectivity index (χ4v) is 2.95. The first-order chi connectivity index (χ1) is 8.54. The van der Waals surface area contributed by atoms with Gasteiger partial charge in [-0.1, -0.05) is 22.9 Å². The standard InChI is InChI=1S/C13H19Br2NO2/c1-3-4-18-13-10(8-16-7-9(2)17)5-11(14)6-12(13)15/h5-6,9,16-17H,3-4,7-8H2,1-2H3/t9-/m1/s1. The molecule has 1 aromatic rings. The van der Waals surface area contributed by atoms with Gasteiger partial charge in [-0.2, -0.15) is 0 Å². The molecule has 1 rings (SSSR count). The van der Waals surface area contributed by atoms with Crippen LogP contribution in [0.3, 0.4) is 0 Å². The molecule has 5 heteroatoms. The number of halogens is 2. The van der Waals surface area contributed by atoms with Gasteiger partial charge in [0.15, 0.2) is 0 Å². The molecule has 3 nitrogen and oxygen atoms in total. The summed E-state index contributed by atoms with van der Waals surface area (Å²) in [7, 11) is 0. The first kappa shape index (κ1) is 16.0. The van der Waals surface area contributed by atoms with Crippen LogP contribution in [0.1, 0.15) is 25.8 Å². The Morgan fingerprint density at radius 2 is 2.11 bits per heavy atom. The van der Waals surface area contributed by atoms with Crippen molar-refractivity contribution in [2.24, 2.45) is 0 Å². The topological polar surface area (TPSA) is 41.5 Å². The molecular formula is C13H19Br2NO2. The zero-order chi connectivity index (χ0) is 13.5. The van der Waals surface area contributed by atoms with Gasteiger partial charge in [0, 0.05) is 23.1 Å². The van der Waals surface area contributed by atoms with Gasteiger partial charge in [-0.15, -0.1) is 0 Å². The lowest BCUT2D eigenvalue weighted by Crippen LogP contribution is -2.24. The number of nitrogens with one attached hydrogen (secondary N) is 1. The van der Waals surface area contributed by atoms with E-state index < -0.39 is 0 Å². The number of ether oxygens (including phenoxy) is 1. The molecule has 18 heavy (non-hydrogen) atoms. The van der Waals surface area contributed by atoms with Gasteiger partial charge in [0.25, 0.3) is 0 Å². The molecule has 0 heterocycles. The van der Waals surface area contributed by atoms with E-state index >= 15 is 0 Å². The number of rotatable bonds is 7. The highest BCUT2D eigenvalue weighted by atomic mass is 79.9. The van der Waals surface area contributed by atoms with Crippen LogP contribution in [0.5, 0.6) is 5.75 Å². The maximum atomic E-state index is 9.24. The second-order valence-corrected chi connectivity index (χ2v) is 5.97. The molecule has 0 aliphatic carbocycles. The molecule has 0 spiro atoms. The van der Waals surface area contributed by atoms with Crippen LogP contribution in [0.4, 0.5) is 0 Å². The van der Waals surface area contributed by atoms with Crippen LogP contribution in [-0.2, 0) is 6.54 Å². The van der Waals surface area contributed by atoms with E-state index in [-0.39, 0.29) is 6.10 Å². The summed E-state index contributed by atoms with van der Waals surface area (Å²) in [6.45, 7) is 5.78. The van der Waals surface area contributed by atoms with Crippen LogP contribution in [0.15, 0.2) is 21.1 Å². The van der Waals surface area contributed by atoms with Crippen molar-refractivity contribution in [3.05, 3.63) is 26.6 Å². The Hall–Kier alpha value is -0.100. The lowest BCUT2D eigenvalue weighted by Gasteiger charge is -2.15. The maximum absolute atomic E-state index is 9.24. The van der Waals surface area contributed by atoms with Crippen molar-refractivity contribution in [2.45, 2.75) is 32.9 Å². The van der Waals surface area contributed by atoms with Gasteiger partial charge in [0.05, 0.1) is 17.2 Å². The molecule has 0 aliphatic heterocycles. The molecule has 102 valence electrons. The van der Waals surface area contributed by atoms with Crippen molar-refractivity contribution in [3.63, 3.8) is 0 Å². The lowest BCUT2D eigenvalue weighted by atomic mass is 10.2. The summed E-state index contributed by atoms with van der Waals surface area (Å²) in [5.41, 5.74) is 1.07. The highest BCUT2D eigenvalue weighted by molar-refractivity contribution is 9.11. The summed E-state index contributed by atoms with van der Waals surface area (Å²) >= 11 is 6.99. The SMILES string of the molecule is CCCOc1c(Br)cc(Br)cc1CNC[C@@H](C)O. The Morgan fingerprint density at radius 1 is 1.39 bits per heavy atom. The largest absolute Gasteiger partial charge is 0.492 e. The first-order valence-corrected chi connectivity index (χ1v) is 7.62. The predicted molar refractivity (Wildman–Crippen MR) is 81.0 cm³/mol. The normalized spacial score (nSPS) is 12.5. The molecule has 0 bridgehead atoms. The summed E-state index contributed by atoms with van der Waals surface area (Å²) in [5.74, 6) is 0.873. The molecular weight excluding hydrogens is 362 g/mol. The number of benzene rings is 1. The third kappa shape index (κ3) is 5.26. The zero-order valence-corrected chi connectivity index (χ0v) is 13.8. The molecule has 1 atom stereocenters. The molecule has 0 amide bonds. The van der Waals surface area contributed by atoms with Crippen molar-refractivity contribution in [3.8, 4) is 5.75 Å². The van der Waals surface area contributed by atoms with Gasteiger partial charge in [-0.3, -0.25) is 0 Å². The minimum absolute atomic E-state index is 0.347. The van der Waals surface area contributed by atoms with E-state index in [1.165, 1.54) is 0 Å². The summed E-state index contributed by atoms with van der Waals surface area (Å²) < 4.78 is 7.71. The number of hydrogen-bond acceptors (Lipinski definition) is 3. The second kappa shape index (κ2) is 8.15. The van der Waals surface area contributed by atoms with E-state index in [0.717, 1.165) is 26.7 Å². The van der Waals surface area contributed by atoms with Crippen molar-refractivity contribution in [1.29, 1.82) is 0 Å². The third-order valence-corrected chi connectivity index (χ3v) is 3.34. The Kier molecular flexibility index (Phi) is 7.22. The predicted octanol–water partition coefficient (Wildman–Crippen LogP) is 3.47. The van der Waals surface area contributed by atoms with Gasteiger partial charge >= 0.3 is 0 Å². The Balaban J connectivity index is 2.78. The third-order valence-electron chi connectivity index (χ3n) is 2.29. The summed E-state index contributed by atoms with van der Waals surface area (Å²) in [4.78, 5) is 0. The highest BCUT2D eigenvalue weighted by Gasteiger charge is 2.10. The van der Waals surface area contributed by atoms with Crippen LogP contribution < -0.4 is 10.1 Å². The smallest absolute Gasteiger partial charge is 0.138 e. The molecule has 0 unspecified atom stereocenters. The van der Waals surface area contributed by atoms with Crippen LogP contribution in [0.2, 0.25) is 0 Å². The van der Waals surface area contributed by atoms with Crippen LogP contribution in [0, 0.1) is 0 Å². The Morgan fingerprint density at radius 3 is 2.72 bits per heavy atom. The molecule has 0 aliphatic rings. The minimum Gasteiger partial charge on any atom is -0.492 e. The molecule has 0 fully saturated rings. The molecule has 0 radical (unpaired) electrons. The Labute approximate surface area is 125 Å². The van der Waals surface area contributed by atoms with E-state index in [0.29, 0.717) is 19.7 Å². The minimum atomic E-state index is -0.347. The second-order valence-electron chi connectivity index (χ2n) is 4.20. The van der Waals surface area contributed by atoms with E-state index in [4.69, 9.17) is 4.74 Å². The molecule has 0 saturated carbocycles. The summed E-state index contributed by atoms with van der Waals surface area (Å²) in [6, 6.07) is 4.01. The van der Waals surface area contributed by atoms with Gasteiger partial charge in [-0.25, -0.2) is 0 Å². The van der Waals surface area contributed by atoms with Crippen molar-refractivity contribution < 1.29 is 9.84 Å². The molecule has 1 aromatic carbocycles. The molecule has 0 aromatic heterocycles. The van der Waals surface area contributed by atoms with E-state index in [9.17, 15) is 5.11 Å². The van der Waals surface area contributed by atoms with Gasteiger partial charge in [-0.05, 0) is 41.4 Å². The van der Waals surface area contributed by atoms with Crippen molar-refractivity contribution >= 4 is 31.9 Å². The molecule has 0 saturated heterocycles. The highest BCUT2D eigenvalue weighted by Crippen LogP contribution is 2.33. The quantitative estimate of drug-likeness (QED) is 0.760. The van der Waals surface area contributed by atoms with E-state index in [1.807, 2.05) is 12.1 Å². The fraction of sp³-hybridized carbons (Fsp3) is 0.538. The average molecular weight is 381 g/mol. The van der Waals surface area contributed by atoms with Crippen LogP contribution in [-0.4, -0.2) is 24.4 Å². The lowest BCUT2D eigenvalue weighted by molar-refractivity contribution is 0.190. The van der Waals surface area contributed by atoms with Gasteiger partial charge < -0.3 is 15.2 Å². The van der Waals surface area contributed by atoms with Gasteiger partial charge in [0.2, 0.25) is 0 Å². The average Bonchev–Trinajstić information content (AvgIpc) is 2.27. The zero-order valence-electron chi connectivity index (χ0n) is 10.7. The van der Waals surface area contributed by atoms with Gasteiger partial charge in [0.1, 0.15) is 5.75 Å². The number of hydrogen-bond donors (Lipinski definition) is 2. The molecule has 2 N–H and O–H groups in total. The van der Waals surface area contributed by atoms with Crippen LogP contribution >= 0.6 is 31.9 Å². The Bertz CT molecular complexity index is 383. The first-order valence-electron chi connectivity index (χ1n) is 6.04. The number of aliphatic hydroxyl groups excluding tert-OH is 1. The summed E-state index contributed by atoms with van der Waals surface area (Å²) in [5, 5.41) is 12.4. The van der Waals surface area contributed by atoms with E-state index in [1.54, 1.807) is 6.92 Å². The fourth-order valence-electron chi connectivity index (χ4n) is 1.53. The van der Waals surface area contributed by atoms with Crippen molar-refractivity contribution in [2.75, 3.05) is 13.2 Å². The maximum Gasteiger partial charge on any atom is 0.138 e. The number of aliphatic hydroxyl groups is 1. The monoisotopic (exact) mass is 379 g/mol. The van der Waals surface area contributed by atoms with Crippen molar-refractivity contribution in [1.82, 2.24) is 5.32 Å². The summed E-state index contributed by atoms with van der Waals surface area (Å²) in [6.07, 6.45) is 0.629.